The van der Waals surface area contributed by atoms with Crippen LogP contribution in [0.25, 0.3) is 0 Å². The van der Waals surface area contributed by atoms with E-state index in [1.807, 2.05) is 0 Å². The van der Waals surface area contributed by atoms with Crippen LogP contribution in [0.2, 0.25) is 0 Å². The van der Waals surface area contributed by atoms with Gasteiger partial charge in [-0.25, -0.2) is 0 Å². The normalized spacial score (nSPS) is 25.6. The van der Waals surface area contributed by atoms with E-state index in [9.17, 15) is 0 Å². The number of anilines is 1. The molecule has 2 N–H and O–H groups in total. The predicted molar refractivity (Wildman–Crippen MR) is 62.6 cm³/mol. The van der Waals surface area contributed by atoms with E-state index in [1.54, 1.807) is 19.5 Å². The van der Waals surface area contributed by atoms with Crippen molar-refractivity contribution in [1.29, 1.82) is 0 Å². The van der Waals surface area contributed by atoms with Crippen LogP contribution in [0, 0.1) is 5.92 Å². The molecule has 0 saturated carbocycles. The van der Waals surface area contributed by atoms with Crippen molar-refractivity contribution in [3.8, 4) is 5.88 Å². The van der Waals surface area contributed by atoms with Crippen molar-refractivity contribution >= 4 is 5.82 Å². The van der Waals surface area contributed by atoms with Crippen molar-refractivity contribution < 1.29 is 4.74 Å². The molecule has 5 heteroatoms. The molecule has 1 saturated heterocycles. The highest BCUT2D eigenvalue weighted by atomic mass is 16.5. The van der Waals surface area contributed by atoms with Crippen molar-refractivity contribution in [3.05, 3.63) is 12.4 Å². The largest absolute Gasteiger partial charge is 0.480 e. The summed E-state index contributed by atoms with van der Waals surface area (Å²) in [7, 11) is 1.60. The lowest BCUT2D eigenvalue weighted by Gasteiger charge is -2.35. The van der Waals surface area contributed by atoms with Crippen LogP contribution >= 0.6 is 0 Å². The van der Waals surface area contributed by atoms with Crippen LogP contribution in [0.4, 0.5) is 5.82 Å². The van der Waals surface area contributed by atoms with E-state index in [0.717, 1.165) is 25.3 Å². The number of aromatic nitrogens is 2. The number of hydrogen-bond donors (Lipinski definition) is 1. The molecule has 1 aliphatic heterocycles. The standard InChI is InChI=1S/C11H18N4O/c1-8-3-4-15(7-9(8)12)10-5-13-6-11(14-10)16-2/h5-6,8-9H,3-4,7,12H2,1-2H3. The van der Waals surface area contributed by atoms with E-state index in [0.29, 0.717) is 11.8 Å². The fourth-order valence-electron chi connectivity index (χ4n) is 1.90. The molecular formula is C11H18N4O. The molecule has 2 unspecified atom stereocenters. The Morgan fingerprint density at radius 3 is 3.00 bits per heavy atom. The second-order valence-electron chi connectivity index (χ2n) is 4.30. The highest BCUT2D eigenvalue weighted by Crippen LogP contribution is 2.21. The third kappa shape index (κ3) is 2.24. The molecule has 0 spiro atoms. The monoisotopic (exact) mass is 222 g/mol. The minimum Gasteiger partial charge on any atom is -0.480 e. The van der Waals surface area contributed by atoms with Crippen molar-refractivity contribution in [2.75, 3.05) is 25.1 Å². The summed E-state index contributed by atoms with van der Waals surface area (Å²) < 4.78 is 5.06. The fourth-order valence-corrected chi connectivity index (χ4v) is 1.90. The van der Waals surface area contributed by atoms with Crippen LogP contribution in [0.5, 0.6) is 5.88 Å². The molecule has 5 nitrogen and oxygen atoms in total. The molecule has 1 aromatic heterocycles. The van der Waals surface area contributed by atoms with Crippen molar-refractivity contribution in [2.45, 2.75) is 19.4 Å². The molecule has 1 aliphatic rings. The SMILES string of the molecule is COc1cncc(N2CCC(C)C(N)C2)n1. The van der Waals surface area contributed by atoms with E-state index < -0.39 is 0 Å². The highest BCUT2D eigenvalue weighted by Gasteiger charge is 2.24. The Labute approximate surface area is 95.6 Å². The number of methoxy groups -OCH3 is 1. The van der Waals surface area contributed by atoms with E-state index >= 15 is 0 Å². The topological polar surface area (TPSA) is 64.3 Å². The molecule has 2 atom stereocenters. The summed E-state index contributed by atoms with van der Waals surface area (Å²) in [6, 6.07) is 0.210. The summed E-state index contributed by atoms with van der Waals surface area (Å²) in [6.45, 7) is 4.01. The first-order chi connectivity index (χ1) is 7.70. The zero-order valence-corrected chi connectivity index (χ0v) is 9.76. The molecule has 0 aromatic carbocycles. The lowest BCUT2D eigenvalue weighted by Crippen LogP contribution is -2.47. The zero-order valence-electron chi connectivity index (χ0n) is 9.76. The molecule has 0 aliphatic carbocycles. The average Bonchev–Trinajstić information content (AvgIpc) is 2.33. The maximum atomic E-state index is 6.06. The second-order valence-corrected chi connectivity index (χ2v) is 4.30. The minimum atomic E-state index is 0.210. The van der Waals surface area contributed by atoms with E-state index in [4.69, 9.17) is 10.5 Å². The minimum absolute atomic E-state index is 0.210. The molecular weight excluding hydrogens is 204 g/mol. The van der Waals surface area contributed by atoms with Crippen LogP contribution in [-0.4, -0.2) is 36.2 Å². The number of ether oxygens (including phenoxy) is 1. The molecule has 1 fully saturated rings. The first-order valence-electron chi connectivity index (χ1n) is 5.57. The summed E-state index contributed by atoms with van der Waals surface area (Å²) in [5.41, 5.74) is 6.06. The highest BCUT2D eigenvalue weighted by molar-refractivity contribution is 5.38. The number of piperidine rings is 1. The Balaban J connectivity index is 2.12. The summed E-state index contributed by atoms with van der Waals surface area (Å²) in [4.78, 5) is 10.6. The number of hydrogen-bond acceptors (Lipinski definition) is 5. The number of nitrogens with two attached hydrogens (primary N) is 1. The van der Waals surface area contributed by atoms with E-state index in [2.05, 4.69) is 21.8 Å². The lowest BCUT2D eigenvalue weighted by atomic mass is 9.94. The Morgan fingerprint density at radius 2 is 2.31 bits per heavy atom. The Kier molecular flexibility index (Phi) is 3.24. The summed E-state index contributed by atoms with van der Waals surface area (Å²) >= 11 is 0. The van der Waals surface area contributed by atoms with Gasteiger partial charge in [0, 0.05) is 19.1 Å². The van der Waals surface area contributed by atoms with Crippen molar-refractivity contribution in [1.82, 2.24) is 9.97 Å². The smallest absolute Gasteiger partial charge is 0.233 e. The molecule has 0 radical (unpaired) electrons. The molecule has 1 aromatic rings. The van der Waals surface area contributed by atoms with Crippen LogP contribution < -0.4 is 15.4 Å². The molecule has 88 valence electrons. The van der Waals surface area contributed by atoms with Crippen LogP contribution in [0.1, 0.15) is 13.3 Å². The van der Waals surface area contributed by atoms with Gasteiger partial charge in [0.05, 0.1) is 19.5 Å². The predicted octanol–water partition coefficient (Wildman–Crippen LogP) is 0.659. The second kappa shape index (κ2) is 4.65. The van der Waals surface area contributed by atoms with Gasteiger partial charge >= 0.3 is 0 Å². The Morgan fingerprint density at radius 1 is 1.50 bits per heavy atom. The van der Waals surface area contributed by atoms with Gasteiger partial charge in [-0.2, -0.15) is 4.98 Å². The van der Waals surface area contributed by atoms with E-state index in [-0.39, 0.29) is 6.04 Å². The van der Waals surface area contributed by atoms with Gasteiger partial charge in [0.15, 0.2) is 5.82 Å². The summed E-state index contributed by atoms with van der Waals surface area (Å²) in [5, 5.41) is 0. The van der Waals surface area contributed by atoms with Gasteiger partial charge in [-0.3, -0.25) is 4.98 Å². The van der Waals surface area contributed by atoms with Crippen molar-refractivity contribution in [2.24, 2.45) is 11.7 Å². The summed E-state index contributed by atoms with van der Waals surface area (Å²) in [6.07, 6.45) is 4.46. The average molecular weight is 222 g/mol. The van der Waals surface area contributed by atoms with Crippen LogP contribution in [0.3, 0.4) is 0 Å². The van der Waals surface area contributed by atoms with Gasteiger partial charge in [0.1, 0.15) is 0 Å². The number of rotatable bonds is 2. The van der Waals surface area contributed by atoms with Crippen LogP contribution in [0.15, 0.2) is 12.4 Å². The maximum Gasteiger partial charge on any atom is 0.233 e. The molecule has 0 bridgehead atoms. The van der Waals surface area contributed by atoms with Gasteiger partial charge in [0.25, 0.3) is 0 Å². The quantitative estimate of drug-likeness (QED) is 0.796. The maximum absolute atomic E-state index is 6.06. The molecule has 2 rings (SSSR count). The molecule has 0 amide bonds. The van der Waals surface area contributed by atoms with Crippen molar-refractivity contribution in [3.63, 3.8) is 0 Å². The van der Waals surface area contributed by atoms with Gasteiger partial charge in [0.2, 0.25) is 5.88 Å². The Hall–Kier alpha value is -1.36. The Bertz CT molecular complexity index is 358. The van der Waals surface area contributed by atoms with Gasteiger partial charge in [-0.1, -0.05) is 6.92 Å². The lowest BCUT2D eigenvalue weighted by molar-refractivity contribution is 0.373. The number of nitrogens with zero attached hydrogens (tertiary/aromatic N) is 3. The van der Waals surface area contributed by atoms with Gasteiger partial charge < -0.3 is 15.4 Å². The molecule has 2 heterocycles. The first-order valence-corrected chi connectivity index (χ1v) is 5.57. The third-order valence-electron chi connectivity index (χ3n) is 3.15. The fraction of sp³-hybridized carbons (Fsp3) is 0.636. The summed E-state index contributed by atoms with van der Waals surface area (Å²) in [5.74, 6) is 1.97. The zero-order chi connectivity index (χ0) is 11.5. The first kappa shape index (κ1) is 11.1. The van der Waals surface area contributed by atoms with Gasteiger partial charge in [-0.15, -0.1) is 0 Å². The molecule has 16 heavy (non-hydrogen) atoms. The van der Waals surface area contributed by atoms with Gasteiger partial charge in [-0.05, 0) is 12.3 Å². The van der Waals surface area contributed by atoms with E-state index in [1.165, 1.54) is 0 Å². The van der Waals surface area contributed by atoms with Crippen LogP contribution in [-0.2, 0) is 0 Å². The third-order valence-corrected chi connectivity index (χ3v) is 3.15.